The number of furan rings is 1. The minimum absolute atomic E-state index is 0.000905. The van der Waals surface area contributed by atoms with E-state index < -0.39 is 4.92 Å². The average Bonchev–Trinajstić information content (AvgIpc) is 3.70. The molecule has 0 spiro atoms. The summed E-state index contributed by atoms with van der Waals surface area (Å²) in [5.41, 5.74) is 5.98. The van der Waals surface area contributed by atoms with Gasteiger partial charge in [-0.25, -0.2) is 4.99 Å². The van der Waals surface area contributed by atoms with Gasteiger partial charge in [-0.15, -0.1) is 11.3 Å². The largest absolute Gasteiger partial charge is 0.457 e. The van der Waals surface area contributed by atoms with Gasteiger partial charge in [-0.3, -0.25) is 19.5 Å². The number of benzene rings is 2. The molecule has 3 aromatic heterocycles. The third-order valence-corrected chi connectivity index (χ3v) is 9.19. The Bertz CT molecular complexity index is 1990. The van der Waals surface area contributed by atoms with Crippen LogP contribution in [0.1, 0.15) is 39.8 Å². The normalized spacial score (nSPS) is 16.4. The molecule has 4 heterocycles. The first kappa shape index (κ1) is 23.8. The lowest BCUT2D eigenvalue weighted by Gasteiger charge is -2.30. The van der Waals surface area contributed by atoms with E-state index in [2.05, 4.69) is 24.3 Å². The van der Waals surface area contributed by atoms with Gasteiger partial charge in [0.15, 0.2) is 4.80 Å². The van der Waals surface area contributed by atoms with Gasteiger partial charge >= 0.3 is 0 Å². The van der Waals surface area contributed by atoms with Crippen LogP contribution in [0.5, 0.6) is 0 Å². The fourth-order valence-electron chi connectivity index (χ4n) is 5.41. The number of aryl methyl sites for hydroxylation is 2. The molecule has 0 unspecified atom stereocenters. The van der Waals surface area contributed by atoms with Crippen molar-refractivity contribution in [2.75, 3.05) is 0 Å². The Morgan fingerprint density at radius 3 is 2.77 bits per heavy atom. The van der Waals surface area contributed by atoms with Crippen LogP contribution in [0.25, 0.3) is 23.1 Å². The van der Waals surface area contributed by atoms with E-state index in [0.29, 0.717) is 26.4 Å². The van der Waals surface area contributed by atoms with Crippen molar-refractivity contribution in [3.63, 3.8) is 0 Å². The highest BCUT2D eigenvalue weighted by molar-refractivity contribution is 7.10. The Labute approximate surface area is 230 Å². The summed E-state index contributed by atoms with van der Waals surface area (Å²) < 4.78 is 8.41. The Kier molecular flexibility index (Phi) is 5.57. The first-order valence-corrected chi connectivity index (χ1v) is 14.2. The van der Waals surface area contributed by atoms with Crippen LogP contribution in [0, 0.1) is 17.0 Å². The molecule has 0 saturated carbocycles. The Balaban J connectivity index is 1.37. The van der Waals surface area contributed by atoms with Crippen LogP contribution in [0.4, 0.5) is 5.69 Å². The molecule has 1 atom stereocenters. The minimum Gasteiger partial charge on any atom is -0.457 e. The number of thiophene rings is 1. The lowest BCUT2D eigenvalue weighted by atomic mass is 9.85. The van der Waals surface area contributed by atoms with Crippen LogP contribution >= 0.6 is 22.7 Å². The van der Waals surface area contributed by atoms with Crippen LogP contribution in [0.15, 0.2) is 91.9 Å². The van der Waals surface area contributed by atoms with Crippen molar-refractivity contribution in [3.05, 3.63) is 135 Å². The molecule has 7 rings (SSSR count). The Morgan fingerprint density at radius 2 is 1.95 bits per heavy atom. The second-order valence-corrected chi connectivity index (χ2v) is 11.6. The van der Waals surface area contributed by atoms with E-state index in [1.807, 2.05) is 29.0 Å². The van der Waals surface area contributed by atoms with Gasteiger partial charge in [0.25, 0.3) is 11.2 Å². The predicted molar refractivity (Wildman–Crippen MR) is 153 cm³/mol. The summed E-state index contributed by atoms with van der Waals surface area (Å²) in [6, 6.07) is 20.5. The predicted octanol–water partition coefficient (Wildman–Crippen LogP) is 5.86. The number of hydrogen-bond acceptors (Lipinski definition) is 7. The molecular weight excluding hydrogens is 530 g/mol. The van der Waals surface area contributed by atoms with Crippen molar-refractivity contribution in [1.82, 2.24) is 4.57 Å². The molecule has 0 radical (unpaired) electrons. The minimum atomic E-state index is -0.421. The summed E-state index contributed by atoms with van der Waals surface area (Å²) in [6.45, 7) is 1.88. The molecule has 5 aromatic rings. The first-order valence-electron chi connectivity index (χ1n) is 12.5. The highest BCUT2D eigenvalue weighted by atomic mass is 32.1. The van der Waals surface area contributed by atoms with Gasteiger partial charge in [0.1, 0.15) is 11.5 Å². The summed E-state index contributed by atoms with van der Waals surface area (Å²) in [4.78, 5) is 31.5. The molecule has 0 N–H and O–H groups in total. The van der Waals surface area contributed by atoms with Gasteiger partial charge in [0.2, 0.25) is 0 Å². The fraction of sp³-hybridized carbons (Fsp3) is 0.133. The van der Waals surface area contributed by atoms with Crippen LogP contribution in [-0.2, 0) is 6.42 Å². The zero-order chi connectivity index (χ0) is 26.7. The fourth-order valence-corrected chi connectivity index (χ4v) is 7.24. The van der Waals surface area contributed by atoms with Crippen molar-refractivity contribution < 1.29 is 9.34 Å². The molecule has 192 valence electrons. The molecule has 2 aliphatic rings. The molecule has 7 nitrogen and oxygen atoms in total. The van der Waals surface area contributed by atoms with Crippen LogP contribution < -0.4 is 14.9 Å². The second kappa shape index (κ2) is 9.14. The van der Waals surface area contributed by atoms with Gasteiger partial charge in [-0.1, -0.05) is 47.7 Å². The average molecular weight is 552 g/mol. The maximum atomic E-state index is 13.8. The number of nitro groups is 1. The summed E-state index contributed by atoms with van der Waals surface area (Å²) >= 11 is 3.00. The van der Waals surface area contributed by atoms with Gasteiger partial charge in [-0.2, -0.15) is 0 Å². The number of nitrogens with zero attached hydrogens (tertiary/aromatic N) is 3. The van der Waals surface area contributed by atoms with E-state index in [9.17, 15) is 14.9 Å². The maximum absolute atomic E-state index is 13.8. The van der Waals surface area contributed by atoms with Crippen molar-refractivity contribution in [1.29, 1.82) is 0 Å². The van der Waals surface area contributed by atoms with E-state index in [-0.39, 0.29) is 17.3 Å². The Hall–Kier alpha value is -4.34. The standard InChI is InChI=1S/C30H21N3O4S2/c1-17-8-10-19(33(35)36)15-23(17)24-13-11-20(37-24)16-26-29(34)32-28(25-7-4-14-38-25)22-12-9-18-5-2-3-6-21(18)27(22)31-30(32)39-26/h2-8,10-11,13-16,28H,9,12H2,1H3/b26-16+/t28-/m0/s1. The third kappa shape index (κ3) is 3.93. The molecule has 9 heteroatoms. The Morgan fingerprint density at radius 1 is 1.08 bits per heavy atom. The van der Waals surface area contributed by atoms with Crippen LogP contribution in [0.3, 0.4) is 0 Å². The second-order valence-electron chi connectivity index (χ2n) is 9.59. The number of allylic oxidation sites excluding steroid dienone is 1. The SMILES string of the molecule is Cc1ccc([N+](=O)[O-])cc1-c1ccc(/C=c2/sc3n(c2=O)[C@H](c2cccs2)C2=C(N=3)c3ccccc3CC2)o1. The zero-order valence-electron chi connectivity index (χ0n) is 20.8. The van der Waals surface area contributed by atoms with Crippen molar-refractivity contribution >= 4 is 40.1 Å². The summed E-state index contributed by atoms with van der Waals surface area (Å²) in [6.07, 6.45) is 3.51. The lowest BCUT2D eigenvalue weighted by Crippen LogP contribution is -2.38. The number of fused-ring (bicyclic) bond motifs is 3. The van der Waals surface area contributed by atoms with Crippen LogP contribution in [0.2, 0.25) is 0 Å². The summed E-state index contributed by atoms with van der Waals surface area (Å²) in [7, 11) is 0. The molecule has 39 heavy (non-hydrogen) atoms. The molecule has 0 saturated heterocycles. The first-order chi connectivity index (χ1) is 19.0. The molecule has 0 fully saturated rings. The maximum Gasteiger partial charge on any atom is 0.271 e. The number of rotatable bonds is 4. The van der Waals surface area contributed by atoms with E-state index in [4.69, 9.17) is 9.41 Å². The molecule has 1 aliphatic heterocycles. The monoisotopic (exact) mass is 551 g/mol. The number of aromatic nitrogens is 1. The molecule has 0 bridgehead atoms. The summed E-state index contributed by atoms with van der Waals surface area (Å²) in [5.74, 6) is 1.02. The number of non-ortho nitro benzene ring substituents is 1. The van der Waals surface area contributed by atoms with E-state index in [0.717, 1.165) is 34.5 Å². The smallest absolute Gasteiger partial charge is 0.271 e. The van der Waals surface area contributed by atoms with Gasteiger partial charge in [0.05, 0.1) is 21.2 Å². The summed E-state index contributed by atoms with van der Waals surface area (Å²) in [5, 5.41) is 13.3. The van der Waals surface area contributed by atoms with E-state index in [1.165, 1.54) is 34.6 Å². The highest BCUT2D eigenvalue weighted by Gasteiger charge is 2.33. The molecule has 1 aliphatic carbocycles. The number of hydrogen-bond donors (Lipinski definition) is 0. The number of nitro benzene ring substituents is 1. The lowest BCUT2D eigenvalue weighted by molar-refractivity contribution is -0.384. The highest BCUT2D eigenvalue weighted by Crippen LogP contribution is 2.42. The van der Waals surface area contributed by atoms with Gasteiger partial charge in [0, 0.05) is 34.2 Å². The van der Waals surface area contributed by atoms with Crippen LogP contribution in [-0.4, -0.2) is 9.49 Å². The van der Waals surface area contributed by atoms with Crippen molar-refractivity contribution in [3.8, 4) is 11.3 Å². The third-order valence-electron chi connectivity index (χ3n) is 7.28. The quantitative estimate of drug-likeness (QED) is 0.207. The number of thiazole rings is 1. The zero-order valence-corrected chi connectivity index (χ0v) is 22.4. The molecule has 0 amide bonds. The van der Waals surface area contributed by atoms with E-state index >= 15 is 0 Å². The van der Waals surface area contributed by atoms with Gasteiger partial charge in [-0.05, 0) is 60.0 Å². The van der Waals surface area contributed by atoms with Crippen molar-refractivity contribution in [2.45, 2.75) is 25.8 Å². The van der Waals surface area contributed by atoms with E-state index in [1.54, 1.807) is 35.6 Å². The molecule has 2 aromatic carbocycles. The van der Waals surface area contributed by atoms with Gasteiger partial charge < -0.3 is 4.42 Å². The molecular formula is C30H21N3O4S2. The topological polar surface area (TPSA) is 90.6 Å². The van der Waals surface area contributed by atoms with Crippen molar-refractivity contribution in [2.24, 2.45) is 4.99 Å².